The molecule has 2 N–H and O–H groups in total. The highest BCUT2D eigenvalue weighted by molar-refractivity contribution is 7.98. The van der Waals surface area contributed by atoms with Gasteiger partial charge in [0.25, 0.3) is 0 Å². The molecule has 0 saturated carbocycles. The van der Waals surface area contributed by atoms with Crippen LogP contribution in [-0.2, 0) is 4.79 Å². The Kier molecular flexibility index (Phi) is 6.83. The van der Waals surface area contributed by atoms with Gasteiger partial charge in [-0.3, -0.25) is 15.1 Å². The summed E-state index contributed by atoms with van der Waals surface area (Å²) in [5, 5.41) is 21.4. The van der Waals surface area contributed by atoms with Crippen LogP contribution in [0.5, 0.6) is 0 Å². The first kappa shape index (κ1) is 26.1. The summed E-state index contributed by atoms with van der Waals surface area (Å²) in [6, 6.07) is 23.8. The van der Waals surface area contributed by atoms with Crippen LogP contribution in [0.4, 0.5) is 5.69 Å². The Hall–Kier alpha value is -3.57. The Morgan fingerprint density at radius 1 is 0.974 bits per heavy atom. The molecular weight excluding hydrogens is 488 g/mol. The van der Waals surface area contributed by atoms with Gasteiger partial charge in [-0.1, -0.05) is 74.0 Å². The number of amidine groups is 1. The molecule has 0 aromatic heterocycles. The van der Waals surface area contributed by atoms with E-state index in [1.54, 1.807) is 11.8 Å². The van der Waals surface area contributed by atoms with Gasteiger partial charge in [-0.25, -0.2) is 0 Å². The largest absolute Gasteiger partial charge is 0.507 e. The van der Waals surface area contributed by atoms with Crippen LogP contribution in [0.3, 0.4) is 0 Å². The molecule has 1 aliphatic carbocycles. The summed E-state index contributed by atoms with van der Waals surface area (Å²) < 4.78 is 0. The molecule has 3 aromatic rings. The van der Waals surface area contributed by atoms with Crippen molar-refractivity contribution < 1.29 is 9.90 Å². The van der Waals surface area contributed by atoms with E-state index in [1.807, 2.05) is 85.7 Å². The van der Waals surface area contributed by atoms with Gasteiger partial charge < -0.3 is 5.11 Å². The lowest BCUT2D eigenvalue weighted by atomic mass is 9.67. The van der Waals surface area contributed by atoms with Crippen LogP contribution in [0.25, 0.3) is 5.76 Å². The zero-order chi connectivity index (χ0) is 27.2. The minimum absolute atomic E-state index is 0.0386. The molecule has 5 heteroatoms. The average Bonchev–Trinajstić information content (AvgIpc) is 2.88. The molecule has 5 rings (SSSR count). The second-order valence-corrected chi connectivity index (χ2v) is 12.0. The summed E-state index contributed by atoms with van der Waals surface area (Å²) in [5.41, 5.74) is 6.29. The number of thioether (sulfide) groups is 1. The molecule has 0 amide bonds. The average molecular weight is 523 g/mol. The lowest BCUT2D eigenvalue weighted by molar-refractivity contribution is -0.118. The highest BCUT2D eigenvalue weighted by Gasteiger charge is 2.47. The van der Waals surface area contributed by atoms with Crippen LogP contribution >= 0.6 is 11.8 Å². The van der Waals surface area contributed by atoms with Crippen molar-refractivity contribution in [2.24, 2.45) is 5.41 Å². The SMILES string of the molecule is CSc1ccc(C2C3=C(CC(C)(C)CC3=O)N(c3ccccc3C)C(=N)/C2=C(/O)c2ccc(C)cc2)cc1. The smallest absolute Gasteiger partial charge is 0.162 e. The quantitative estimate of drug-likeness (QED) is 0.268. The standard InChI is InChI=1S/C33H34N2O2S/c1-20-10-12-23(13-11-20)31(37)30-28(22-14-16-24(38-5)17-15-22)29-26(18-33(3,4)19-27(29)36)35(32(30)34)25-9-7-6-8-21(25)2/h6-17,28,34,37H,18-19H2,1-5H3/b31-30+,34-32?. The summed E-state index contributed by atoms with van der Waals surface area (Å²) >= 11 is 1.66. The molecule has 0 radical (unpaired) electrons. The van der Waals surface area contributed by atoms with Crippen LogP contribution in [0.15, 0.2) is 94.5 Å². The van der Waals surface area contributed by atoms with Crippen molar-refractivity contribution >= 4 is 34.8 Å². The first-order chi connectivity index (χ1) is 18.1. The Morgan fingerprint density at radius 3 is 2.26 bits per heavy atom. The molecule has 38 heavy (non-hydrogen) atoms. The molecule has 1 atom stereocenters. The van der Waals surface area contributed by atoms with E-state index in [9.17, 15) is 15.3 Å². The summed E-state index contributed by atoms with van der Waals surface area (Å²) in [6.07, 6.45) is 3.13. The van der Waals surface area contributed by atoms with Gasteiger partial charge in [0, 0.05) is 39.6 Å². The molecule has 1 unspecified atom stereocenters. The van der Waals surface area contributed by atoms with E-state index in [2.05, 4.69) is 26.0 Å². The number of ketones is 1. The maximum atomic E-state index is 14.0. The van der Waals surface area contributed by atoms with Crippen molar-refractivity contribution in [3.05, 3.63) is 112 Å². The fourth-order valence-corrected chi connectivity index (χ4v) is 6.10. The van der Waals surface area contributed by atoms with Crippen molar-refractivity contribution in [2.75, 3.05) is 11.2 Å². The number of carbonyl (C=O) groups excluding carboxylic acids is 1. The zero-order valence-electron chi connectivity index (χ0n) is 22.6. The van der Waals surface area contributed by atoms with Gasteiger partial charge in [-0.2, -0.15) is 0 Å². The highest BCUT2D eigenvalue weighted by Crippen LogP contribution is 2.51. The summed E-state index contributed by atoms with van der Waals surface area (Å²) in [4.78, 5) is 17.0. The van der Waals surface area contributed by atoms with Crippen molar-refractivity contribution in [1.29, 1.82) is 5.41 Å². The van der Waals surface area contributed by atoms with E-state index in [0.29, 0.717) is 29.6 Å². The van der Waals surface area contributed by atoms with E-state index in [-0.39, 0.29) is 22.8 Å². The molecule has 194 valence electrons. The van der Waals surface area contributed by atoms with E-state index in [1.165, 1.54) is 0 Å². The van der Waals surface area contributed by atoms with E-state index in [0.717, 1.165) is 33.0 Å². The minimum Gasteiger partial charge on any atom is -0.507 e. The van der Waals surface area contributed by atoms with Gasteiger partial charge in [-0.15, -0.1) is 11.8 Å². The number of benzene rings is 3. The lowest BCUT2D eigenvalue weighted by Crippen LogP contribution is -2.45. The Balaban J connectivity index is 1.85. The van der Waals surface area contributed by atoms with Gasteiger partial charge in [0.2, 0.25) is 0 Å². The fraction of sp³-hybridized carbons (Fsp3) is 0.273. The molecule has 3 aromatic carbocycles. The number of nitrogens with one attached hydrogen (secondary N) is 1. The monoisotopic (exact) mass is 522 g/mol. The molecule has 4 nitrogen and oxygen atoms in total. The minimum atomic E-state index is -0.529. The number of aliphatic hydroxyl groups is 1. The predicted molar refractivity (Wildman–Crippen MR) is 158 cm³/mol. The first-order valence-electron chi connectivity index (χ1n) is 13.0. The molecule has 0 spiro atoms. The zero-order valence-corrected chi connectivity index (χ0v) is 23.4. The van der Waals surface area contributed by atoms with Crippen molar-refractivity contribution in [2.45, 2.75) is 51.3 Å². The van der Waals surface area contributed by atoms with Gasteiger partial charge in [0.05, 0.1) is 5.69 Å². The Morgan fingerprint density at radius 2 is 1.63 bits per heavy atom. The van der Waals surface area contributed by atoms with Crippen LogP contribution < -0.4 is 4.90 Å². The molecule has 0 bridgehead atoms. The molecule has 0 saturated heterocycles. The lowest BCUT2D eigenvalue weighted by Gasteiger charge is -2.45. The van der Waals surface area contributed by atoms with Crippen molar-refractivity contribution in [3.8, 4) is 0 Å². The van der Waals surface area contributed by atoms with Crippen LogP contribution in [0.1, 0.15) is 54.9 Å². The number of aliphatic hydroxyl groups excluding tert-OH is 1. The number of carbonyl (C=O) groups is 1. The third kappa shape index (κ3) is 4.60. The van der Waals surface area contributed by atoms with E-state index in [4.69, 9.17) is 0 Å². The van der Waals surface area contributed by atoms with Gasteiger partial charge in [-0.05, 0) is 61.3 Å². The topological polar surface area (TPSA) is 64.4 Å². The number of Topliss-reactive ketones (excluding diaryl/α,β-unsaturated/α-hetero) is 1. The molecule has 2 aliphatic rings. The third-order valence-electron chi connectivity index (χ3n) is 7.61. The van der Waals surface area contributed by atoms with Crippen molar-refractivity contribution in [1.82, 2.24) is 0 Å². The normalized spacial score (nSPS) is 20.4. The van der Waals surface area contributed by atoms with Crippen LogP contribution in [-0.4, -0.2) is 23.0 Å². The fourth-order valence-electron chi connectivity index (χ4n) is 5.69. The van der Waals surface area contributed by atoms with E-state index >= 15 is 0 Å². The molecule has 0 fully saturated rings. The maximum absolute atomic E-state index is 14.0. The van der Waals surface area contributed by atoms with Gasteiger partial charge >= 0.3 is 0 Å². The number of allylic oxidation sites excluding steroid dienone is 2. The third-order valence-corrected chi connectivity index (χ3v) is 8.35. The number of anilines is 1. The number of hydrogen-bond acceptors (Lipinski definition) is 4. The number of aryl methyl sites for hydroxylation is 2. The Bertz CT molecular complexity index is 1480. The van der Waals surface area contributed by atoms with E-state index < -0.39 is 5.92 Å². The first-order valence-corrected chi connectivity index (χ1v) is 14.2. The van der Waals surface area contributed by atoms with Gasteiger partial charge in [0.1, 0.15) is 11.6 Å². The maximum Gasteiger partial charge on any atom is 0.162 e. The molecule has 1 heterocycles. The number of hydrogen-bond donors (Lipinski definition) is 2. The Labute approximate surface area is 229 Å². The number of rotatable bonds is 4. The van der Waals surface area contributed by atoms with Crippen LogP contribution in [0.2, 0.25) is 0 Å². The van der Waals surface area contributed by atoms with Gasteiger partial charge in [0.15, 0.2) is 5.78 Å². The molecule has 1 aliphatic heterocycles. The predicted octanol–water partition coefficient (Wildman–Crippen LogP) is 8.22. The second kappa shape index (κ2) is 9.95. The van der Waals surface area contributed by atoms with Crippen LogP contribution in [0, 0.1) is 24.7 Å². The molecular formula is C33H34N2O2S. The number of nitrogens with zero attached hydrogens (tertiary/aromatic N) is 1. The summed E-state index contributed by atoms with van der Waals surface area (Å²) in [7, 11) is 0. The highest BCUT2D eigenvalue weighted by atomic mass is 32.2. The van der Waals surface area contributed by atoms with Crippen molar-refractivity contribution in [3.63, 3.8) is 0 Å². The summed E-state index contributed by atoms with van der Waals surface area (Å²) in [6.45, 7) is 8.26. The number of para-hydroxylation sites is 1. The summed E-state index contributed by atoms with van der Waals surface area (Å²) in [5.74, 6) is -0.202. The second-order valence-electron chi connectivity index (χ2n) is 11.1.